The number of carbonyl (C=O) groups excluding carboxylic acids is 2. The van der Waals surface area contributed by atoms with Crippen LogP contribution in [0.1, 0.15) is 17.3 Å². The molecule has 136 valence electrons. The molecule has 0 aliphatic carbocycles. The van der Waals surface area contributed by atoms with Crippen molar-refractivity contribution in [3.8, 4) is 11.3 Å². The zero-order chi connectivity index (χ0) is 19.0. The van der Waals surface area contributed by atoms with Crippen LogP contribution in [0.5, 0.6) is 0 Å². The van der Waals surface area contributed by atoms with Crippen LogP contribution >= 0.6 is 39.0 Å². The first-order valence-corrected chi connectivity index (χ1v) is 10.7. The molecule has 2 aromatic carbocycles. The van der Waals surface area contributed by atoms with Gasteiger partial charge in [-0.05, 0) is 37.3 Å². The van der Waals surface area contributed by atoms with Gasteiger partial charge in [-0.3, -0.25) is 14.9 Å². The van der Waals surface area contributed by atoms with Gasteiger partial charge in [-0.1, -0.05) is 28.1 Å². The molecule has 0 spiro atoms. The third kappa shape index (κ3) is 3.92. The van der Waals surface area contributed by atoms with Crippen LogP contribution in [0.15, 0.2) is 57.2 Å². The Bertz CT molecular complexity index is 1030. The lowest BCUT2D eigenvalue weighted by Crippen LogP contribution is -2.26. The number of amides is 2. The van der Waals surface area contributed by atoms with Crippen molar-refractivity contribution < 1.29 is 9.59 Å². The summed E-state index contributed by atoms with van der Waals surface area (Å²) in [5.41, 5.74) is 2.94. The van der Waals surface area contributed by atoms with Gasteiger partial charge in [0.25, 0.3) is 5.91 Å². The number of fused-ring (bicyclic) bond motifs is 1. The molecule has 27 heavy (non-hydrogen) atoms. The summed E-state index contributed by atoms with van der Waals surface area (Å²) in [4.78, 5) is 29.9. The third-order valence-corrected chi connectivity index (χ3v) is 6.50. The van der Waals surface area contributed by atoms with Crippen molar-refractivity contribution in [1.29, 1.82) is 0 Å². The Labute approximate surface area is 172 Å². The van der Waals surface area contributed by atoms with Gasteiger partial charge < -0.3 is 5.32 Å². The second-order valence-electron chi connectivity index (χ2n) is 5.96. The maximum absolute atomic E-state index is 12.6. The molecule has 2 amide bonds. The highest BCUT2D eigenvalue weighted by molar-refractivity contribution is 9.10. The van der Waals surface area contributed by atoms with Gasteiger partial charge in [0.15, 0.2) is 5.13 Å². The zero-order valence-electron chi connectivity index (χ0n) is 14.2. The van der Waals surface area contributed by atoms with E-state index in [-0.39, 0.29) is 17.1 Å². The number of benzene rings is 2. The summed E-state index contributed by atoms with van der Waals surface area (Å²) in [5.74, 6) is -0.309. The number of nitrogens with zero attached hydrogens (tertiary/aromatic N) is 1. The van der Waals surface area contributed by atoms with Crippen LogP contribution in [0.25, 0.3) is 11.3 Å². The summed E-state index contributed by atoms with van der Waals surface area (Å²) in [6.07, 6.45) is 0. The lowest BCUT2D eigenvalue weighted by molar-refractivity contribution is -0.115. The van der Waals surface area contributed by atoms with Crippen molar-refractivity contribution in [3.05, 3.63) is 57.9 Å². The number of carbonyl (C=O) groups is 2. The Morgan fingerprint density at radius 1 is 1.22 bits per heavy atom. The monoisotopic (exact) mass is 459 g/mol. The van der Waals surface area contributed by atoms with Crippen LogP contribution < -0.4 is 10.6 Å². The molecule has 0 bridgehead atoms. The maximum atomic E-state index is 12.6. The molecular formula is C19H14BrN3O2S2. The van der Waals surface area contributed by atoms with Gasteiger partial charge in [-0.2, -0.15) is 0 Å². The second kappa shape index (κ2) is 7.46. The molecule has 8 heteroatoms. The first-order chi connectivity index (χ1) is 13.0. The van der Waals surface area contributed by atoms with Crippen LogP contribution in [0, 0.1) is 0 Å². The fourth-order valence-electron chi connectivity index (χ4n) is 2.60. The number of rotatable bonds is 3. The van der Waals surface area contributed by atoms with Crippen LogP contribution in [-0.4, -0.2) is 22.0 Å². The lowest BCUT2D eigenvalue weighted by atomic mass is 10.2. The van der Waals surface area contributed by atoms with E-state index in [2.05, 4.69) is 31.5 Å². The number of thiazole rings is 1. The predicted molar refractivity (Wildman–Crippen MR) is 114 cm³/mol. The van der Waals surface area contributed by atoms with Crippen molar-refractivity contribution in [1.82, 2.24) is 4.98 Å². The smallest absolute Gasteiger partial charge is 0.257 e. The summed E-state index contributed by atoms with van der Waals surface area (Å²) in [6, 6.07) is 13.2. The standard InChI is InChI=1S/C19H14BrN3O2S2/c1-10-17(24)21-14-8-12(4-7-16(14)27-10)18(25)23-19-22-15(9-26-19)11-2-5-13(20)6-3-11/h2-10H,1H3,(H,21,24)(H,22,23,25). The number of thioether (sulfide) groups is 1. The molecule has 1 atom stereocenters. The lowest BCUT2D eigenvalue weighted by Gasteiger charge is -2.21. The number of halogens is 1. The minimum atomic E-state index is -0.257. The normalized spacial score (nSPS) is 15.8. The first kappa shape index (κ1) is 18.2. The average Bonchev–Trinajstić information content (AvgIpc) is 3.11. The molecule has 5 nitrogen and oxygen atoms in total. The number of hydrogen-bond donors (Lipinski definition) is 2. The Morgan fingerprint density at radius 2 is 2.00 bits per heavy atom. The highest BCUT2D eigenvalue weighted by atomic mass is 79.9. The molecule has 3 aromatic rings. The van der Waals surface area contributed by atoms with E-state index in [9.17, 15) is 9.59 Å². The SMILES string of the molecule is CC1Sc2ccc(C(=O)Nc3nc(-c4ccc(Br)cc4)cs3)cc2NC1=O. The number of nitrogens with one attached hydrogen (secondary N) is 2. The maximum Gasteiger partial charge on any atom is 0.257 e. The van der Waals surface area contributed by atoms with Crippen molar-refractivity contribution >= 4 is 61.7 Å². The highest BCUT2D eigenvalue weighted by Gasteiger charge is 2.24. The fraction of sp³-hybridized carbons (Fsp3) is 0.105. The molecule has 0 saturated carbocycles. The van der Waals surface area contributed by atoms with Gasteiger partial charge in [0.05, 0.1) is 16.6 Å². The Kier molecular flexibility index (Phi) is 5.03. The Hall–Kier alpha value is -2.16. The van der Waals surface area contributed by atoms with Crippen molar-refractivity contribution in [2.75, 3.05) is 10.6 Å². The van der Waals surface area contributed by atoms with Crippen LogP contribution in [0.4, 0.5) is 10.8 Å². The third-order valence-electron chi connectivity index (χ3n) is 4.04. The fourth-order valence-corrected chi connectivity index (χ4v) is 4.51. The molecule has 1 aliphatic rings. The topological polar surface area (TPSA) is 71.1 Å². The van der Waals surface area contributed by atoms with Crippen molar-refractivity contribution in [2.45, 2.75) is 17.1 Å². The van der Waals surface area contributed by atoms with E-state index >= 15 is 0 Å². The summed E-state index contributed by atoms with van der Waals surface area (Å²) < 4.78 is 1.00. The minimum Gasteiger partial charge on any atom is -0.324 e. The van der Waals surface area contributed by atoms with Gasteiger partial charge in [0.2, 0.25) is 5.91 Å². The summed E-state index contributed by atoms with van der Waals surface area (Å²) in [7, 11) is 0. The Morgan fingerprint density at radius 3 is 2.78 bits per heavy atom. The molecule has 4 rings (SSSR count). The number of anilines is 2. The van der Waals surface area contributed by atoms with E-state index in [4.69, 9.17) is 0 Å². The van der Waals surface area contributed by atoms with Gasteiger partial charge in [-0.25, -0.2) is 4.98 Å². The molecule has 1 unspecified atom stereocenters. The van der Waals surface area contributed by atoms with Crippen LogP contribution in [0.3, 0.4) is 0 Å². The second-order valence-corrected chi connectivity index (χ2v) is 9.12. The van der Waals surface area contributed by atoms with Crippen LogP contribution in [0.2, 0.25) is 0 Å². The van der Waals surface area contributed by atoms with E-state index in [1.54, 1.807) is 12.1 Å². The molecule has 1 aliphatic heterocycles. The molecule has 1 aromatic heterocycles. The quantitative estimate of drug-likeness (QED) is 0.560. The predicted octanol–water partition coefficient (Wildman–Crippen LogP) is 5.26. The number of hydrogen-bond acceptors (Lipinski definition) is 5. The zero-order valence-corrected chi connectivity index (χ0v) is 17.4. The van der Waals surface area contributed by atoms with E-state index < -0.39 is 0 Å². The number of aromatic nitrogens is 1. The summed E-state index contributed by atoms with van der Waals surface area (Å²) in [5, 5.41) is 7.97. The van der Waals surface area contributed by atoms with Crippen LogP contribution in [-0.2, 0) is 4.79 Å². The highest BCUT2D eigenvalue weighted by Crippen LogP contribution is 2.36. The largest absolute Gasteiger partial charge is 0.324 e. The average molecular weight is 460 g/mol. The van der Waals surface area contributed by atoms with Crippen molar-refractivity contribution in [2.24, 2.45) is 0 Å². The van der Waals surface area contributed by atoms with E-state index in [1.165, 1.54) is 23.1 Å². The summed E-state index contributed by atoms with van der Waals surface area (Å²) in [6.45, 7) is 1.86. The van der Waals surface area contributed by atoms with E-state index in [0.29, 0.717) is 16.4 Å². The van der Waals surface area contributed by atoms with E-state index in [0.717, 1.165) is 20.6 Å². The van der Waals surface area contributed by atoms with Gasteiger partial charge >= 0.3 is 0 Å². The molecule has 0 radical (unpaired) electrons. The first-order valence-electron chi connectivity index (χ1n) is 8.14. The molecular weight excluding hydrogens is 446 g/mol. The van der Waals surface area contributed by atoms with Gasteiger partial charge in [-0.15, -0.1) is 23.1 Å². The minimum absolute atomic E-state index is 0.0517. The molecule has 2 heterocycles. The van der Waals surface area contributed by atoms with E-state index in [1.807, 2.05) is 42.6 Å². The van der Waals surface area contributed by atoms with Gasteiger partial charge in [0, 0.05) is 25.9 Å². The molecule has 0 saturated heterocycles. The molecule has 2 N–H and O–H groups in total. The van der Waals surface area contributed by atoms with Gasteiger partial charge in [0.1, 0.15) is 0 Å². The van der Waals surface area contributed by atoms with Crippen molar-refractivity contribution in [3.63, 3.8) is 0 Å². The molecule has 0 fully saturated rings. The Balaban J connectivity index is 1.51. The summed E-state index contributed by atoms with van der Waals surface area (Å²) >= 11 is 6.27.